The zero-order valence-corrected chi connectivity index (χ0v) is 22.8. The summed E-state index contributed by atoms with van der Waals surface area (Å²) in [4.78, 5) is 33.7. The van der Waals surface area contributed by atoms with E-state index in [1.54, 1.807) is 23.8 Å². The van der Waals surface area contributed by atoms with Crippen LogP contribution in [-0.2, 0) is 24.2 Å². The lowest BCUT2D eigenvalue weighted by atomic mass is 10.0. The second-order valence-electron chi connectivity index (χ2n) is 9.02. The average Bonchev–Trinajstić information content (AvgIpc) is 2.95. The van der Waals surface area contributed by atoms with Crippen molar-refractivity contribution < 1.29 is 14.3 Å². The van der Waals surface area contributed by atoms with E-state index in [0.29, 0.717) is 52.1 Å². The number of nitrogens with zero attached hydrogens (tertiary/aromatic N) is 3. The minimum absolute atomic E-state index is 0.00643. The number of carbonyl (C=O) groups is 1. The number of benzene rings is 3. The Labute approximate surface area is 230 Å². The number of fused-ring (bicyclic) bond motifs is 2. The number of carbonyl (C=O) groups excluding carboxylic acids is 1. The summed E-state index contributed by atoms with van der Waals surface area (Å²) in [6, 6.07) is 18.9. The molecule has 38 heavy (non-hydrogen) atoms. The Morgan fingerprint density at radius 2 is 1.79 bits per heavy atom. The normalized spacial score (nSPS) is 12.9. The van der Waals surface area contributed by atoms with Gasteiger partial charge in [-0.3, -0.25) is 14.2 Å². The fourth-order valence-corrected chi connectivity index (χ4v) is 5.75. The Bertz CT molecular complexity index is 1540. The Balaban J connectivity index is 1.47. The van der Waals surface area contributed by atoms with Crippen molar-refractivity contribution in [2.75, 3.05) is 31.4 Å². The highest BCUT2D eigenvalue weighted by Gasteiger charge is 2.23. The van der Waals surface area contributed by atoms with E-state index in [1.165, 1.54) is 24.4 Å². The third-order valence-corrected chi connectivity index (χ3v) is 7.91. The van der Waals surface area contributed by atoms with Gasteiger partial charge in [0.2, 0.25) is 5.91 Å². The first kappa shape index (κ1) is 26.1. The molecular weight excluding hydrogens is 522 g/mol. The number of aryl methyl sites for hydroxylation is 2. The summed E-state index contributed by atoms with van der Waals surface area (Å²) < 4.78 is 12.5. The first-order chi connectivity index (χ1) is 18.5. The Morgan fingerprint density at radius 1 is 1.05 bits per heavy atom. The molecule has 0 unspecified atom stereocenters. The molecule has 0 spiro atoms. The van der Waals surface area contributed by atoms with Gasteiger partial charge in [0.1, 0.15) is 0 Å². The van der Waals surface area contributed by atoms with Crippen molar-refractivity contribution in [3.8, 4) is 11.5 Å². The number of hydrogen-bond donors (Lipinski definition) is 0. The van der Waals surface area contributed by atoms with Crippen LogP contribution in [0.5, 0.6) is 11.5 Å². The second kappa shape index (κ2) is 11.5. The van der Waals surface area contributed by atoms with Gasteiger partial charge in [-0.05, 0) is 54.7 Å². The molecule has 0 saturated heterocycles. The summed E-state index contributed by atoms with van der Waals surface area (Å²) in [7, 11) is 3.08. The van der Waals surface area contributed by atoms with Crippen LogP contribution in [0.2, 0.25) is 5.02 Å². The van der Waals surface area contributed by atoms with Crippen molar-refractivity contribution in [3.63, 3.8) is 0 Å². The summed E-state index contributed by atoms with van der Waals surface area (Å²) in [5.41, 5.74) is 3.50. The van der Waals surface area contributed by atoms with Gasteiger partial charge < -0.3 is 14.4 Å². The van der Waals surface area contributed by atoms with Crippen molar-refractivity contribution in [2.45, 2.75) is 31.0 Å². The Hall–Kier alpha value is -3.49. The van der Waals surface area contributed by atoms with E-state index in [1.807, 2.05) is 47.4 Å². The SMILES string of the molecule is COc1cc2nc(SCC(=O)N3CCCc4ccccc43)n(CCc3ccc(Cl)cc3)c(=O)c2cc1OC. The van der Waals surface area contributed by atoms with Gasteiger partial charge in [0.05, 0.1) is 30.9 Å². The maximum Gasteiger partial charge on any atom is 0.262 e. The molecule has 0 radical (unpaired) electrons. The predicted molar refractivity (Wildman–Crippen MR) is 152 cm³/mol. The number of ether oxygens (including phenoxy) is 2. The average molecular weight is 550 g/mol. The number of para-hydroxylation sites is 1. The molecule has 3 aromatic carbocycles. The van der Waals surface area contributed by atoms with Gasteiger partial charge in [-0.2, -0.15) is 0 Å². The predicted octanol–water partition coefficient (Wildman–Crippen LogP) is 5.38. The van der Waals surface area contributed by atoms with Gasteiger partial charge in [-0.25, -0.2) is 4.98 Å². The highest BCUT2D eigenvalue weighted by atomic mass is 35.5. The molecule has 1 aromatic heterocycles. The second-order valence-corrected chi connectivity index (χ2v) is 10.4. The van der Waals surface area contributed by atoms with E-state index in [9.17, 15) is 9.59 Å². The lowest BCUT2D eigenvalue weighted by Gasteiger charge is -2.29. The summed E-state index contributed by atoms with van der Waals surface area (Å²) >= 11 is 7.32. The molecule has 1 aliphatic heterocycles. The van der Waals surface area contributed by atoms with Crippen molar-refractivity contribution >= 4 is 45.9 Å². The molecule has 5 rings (SSSR count). The third kappa shape index (κ3) is 5.37. The number of hydrogen-bond acceptors (Lipinski definition) is 6. The van der Waals surface area contributed by atoms with Crippen molar-refractivity contribution in [2.24, 2.45) is 0 Å². The molecule has 0 N–H and O–H groups in total. The molecule has 2 heterocycles. The molecule has 9 heteroatoms. The van der Waals surface area contributed by atoms with Gasteiger partial charge in [0.25, 0.3) is 5.56 Å². The fraction of sp³-hybridized carbons (Fsp3) is 0.276. The molecule has 7 nitrogen and oxygen atoms in total. The maximum atomic E-state index is 13.7. The van der Waals surface area contributed by atoms with E-state index in [4.69, 9.17) is 26.1 Å². The van der Waals surface area contributed by atoms with Crippen LogP contribution < -0.4 is 19.9 Å². The quantitative estimate of drug-likeness (QED) is 0.217. The number of halogens is 1. The number of methoxy groups -OCH3 is 2. The molecule has 0 aliphatic carbocycles. The lowest BCUT2D eigenvalue weighted by molar-refractivity contribution is -0.116. The Morgan fingerprint density at radius 3 is 2.55 bits per heavy atom. The first-order valence-electron chi connectivity index (χ1n) is 12.4. The molecule has 0 saturated carbocycles. The van der Waals surface area contributed by atoms with Crippen LogP contribution in [0.1, 0.15) is 17.5 Å². The highest BCUT2D eigenvalue weighted by molar-refractivity contribution is 7.99. The zero-order chi connectivity index (χ0) is 26.6. The smallest absolute Gasteiger partial charge is 0.262 e. The van der Waals surface area contributed by atoms with Crippen LogP contribution in [0.25, 0.3) is 10.9 Å². The molecule has 0 fully saturated rings. The van der Waals surface area contributed by atoms with Crippen LogP contribution in [0.4, 0.5) is 5.69 Å². The minimum Gasteiger partial charge on any atom is -0.493 e. The summed E-state index contributed by atoms with van der Waals surface area (Å²) in [5.74, 6) is 1.11. The van der Waals surface area contributed by atoms with E-state index in [0.717, 1.165) is 24.1 Å². The van der Waals surface area contributed by atoms with Gasteiger partial charge in [0.15, 0.2) is 16.7 Å². The summed E-state index contributed by atoms with van der Waals surface area (Å²) in [5, 5.41) is 1.58. The van der Waals surface area contributed by atoms with E-state index >= 15 is 0 Å². The van der Waals surface area contributed by atoms with E-state index < -0.39 is 0 Å². The fourth-order valence-electron chi connectivity index (χ4n) is 4.72. The van der Waals surface area contributed by atoms with Crippen LogP contribution in [0, 0.1) is 0 Å². The van der Waals surface area contributed by atoms with E-state index in [-0.39, 0.29) is 17.2 Å². The van der Waals surface area contributed by atoms with E-state index in [2.05, 4.69) is 6.07 Å². The topological polar surface area (TPSA) is 73.7 Å². The number of aromatic nitrogens is 2. The summed E-state index contributed by atoms with van der Waals surface area (Å²) in [6.45, 7) is 1.09. The van der Waals surface area contributed by atoms with Gasteiger partial charge in [-0.1, -0.05) is 53.7 Å². The molecule has 196 valence electrons. The Kier molecular flexibility index (Phi) is 7.90. The molecule has 0 atom stereocenters. The van der Waals surface area contributed by atoms with Crippen molar-refractivity contribution in [3.05, 3.63) is 87.2 Å². The molecular formula is C29H28ClN3O4S. The minimum atomic E-state index is -0.191. The molecule has 4 aromatic rings. The van der Waals surface area contributed by atoms with Gasteiger partial charge in [-0.15, -0.1) is 0 Å². The van der Waals surface area contributed by atoms with Crippen molar-refractivity contribution in [1.82, 2.24) is 9.55 Å². The molecule has 1 amide bonds. The van der Waals surface area contributed by atoms with Gasteiger partial charge >= 0.3 is 0 Å². The number of rotatable bonds is 8. The standard InChI is InChI=1S/C29H28ClN3O4S/c1-36-25-16-22-23(17-26(25)37-2)31-29(33(28(22)35)15-13-19-9-11-21(30)12-10-19)38-18-27(34)32-14-5-7-20-6-3-4-8-24(20)32/h3-4,6,8-12,16-17H,5,7,13-15,18H2,1-2H3. The molecule has 1 aliphatic rings. The molecule has 0 bridgehead atoms. The summed E-state index contributed by atoms with van der Waals surface area (Å²) in [6.07, 6.45) is 2.50. The maximum absolute atomic E-state index is 13.7. The monoisotopic (exact) mass is 549 g/mol. The lowest BCUT2D eigenvalue weighted by Crippen LogP contribution is -2.36. The number of thioether (sulfide) groups is 1. The largest absolute Gasteiger partial charge is 0.493 e. The van der Waals surface area contributed by atoms with Crippen LogP contribution in [-0.4, -0.2) is 42.0 Å². The zero-order valence-electron chi connectivity index (χ0n) is 21.3. The number of amides is 1. The van der Waals surface area contributed by atoms with Crippen LogP contribution >= 0.6 is 23.4 Å². The third-order valence-electron chi connectivity index (χ3n) is 6.70. The first-order valence-corrected chi connectivity index (χ1v) is 13.8. The highest BCUT2D eigenvalue weighted by Crippen LogP contribution is 2.32. The van der Waals surface area contributed by atoms with Crippen molar-refractivity contribution in [1.29, 1.82) is 0 Å². The van der Waals surface area contributed by atoms with Gasteiger partial charge in [0, 0.05) is 29.9 Å². The van der Waals surface area contributed by atoms with Crippen LogP contribution in [0.3, 0.4) is 0 Å². The number of anilines is 1. The van der Waals surface area contributed by atoms with Crippen LogP contribution in [0.15, 0.2) is 70.6 Å².